The first-order chi connectivity index (χ1) is 15.5. The molecule has 0 bridgehead atoms. The second-order valence-electron chi connectivity index (χ2n) is 9.76. The minimum atomic E-state index is -4.24. The summed E-state index contributed by atoms with van der Waals surface area (Å²) in [6.07, 6.45) is 0. The van der Waals surface area contributed by atoms with Crippen LogP contribution in [0.3, 0.4) is 0 Å². The number of ether oxygens (including phenoxy) is 1. The Morgan fingerprint density at radius 3 is 2.26 bits per heavy atom. The van der Waals surface area contributed by atoms with E-state index in [2.05, 4.69) is 10.0 Å². The predicted molar refractivity (Wildman–Crippen MR) is 134 cm³/mol. The van der Waals surface area contributed by atoms with E-state index in [1.165, 1.54) is 24.3 Å². The van der Waals surface area contributed by atoms with Gasteiger partial charge in [-0.05, 0) is 89.4 Å². The Kier molecular flexibility index (Phi) is 8.77. The molecule has 6 nitrogen and oxygen atoms in total. The zero-order valence-electron chi connectivity index (χ0n) is 20.9. The lowest BCUT2D eigenvalue weighted by atomic mass is 9.88. The number of halogens is 2. The molecule has 2 rings (SSSR count). The van der Waals surface area contributed by atoms with Crippen LogP contribution in [0.15, 0.2) is 35.2 Å². The average molecular weight is 513 g/mol. The molecule has 0 fully saturated rings. The van der Waals surface area contributed by atoms with Crippen LogP contribution in [-0.2, 0) is 19.6 Å². The molecule has 2 N–H and O–H groups in total. The average Bonchev–Trinajstić information content (AvgIpc) is 2.67. The lowest BCUT2D eigenvalue weighted by Crippen LogP contribution is -2.47. The zero-order chi connectivity index (χ0) is 26.0. The maximum atomic E-state index is 14.9. The van der Waals surface area contributed by atoms with E-state index in [1.54, 1.807) is 40.7 Å². The Hall–Kier alpha value is -2.16. The van der Waals surface area contributed by atoms with Gasteiger partial charge in [-0.2, -0.15) is 4.72 Å². The quantitative estimate of drug-likeness (QED) is 0.442. The van der Waals surface area contributed by atoms with Gasteiger partial charge in [0.25, 0.3) is 0 Å². The van der Waals surface area contributed by atoms with E-state index in [0.29, 0.717) is 16.3 Å². The van der Waals surface area contributed by atoms with Gasteiger partial charge in [0.15, 0.2) is 0 Å². The molecule has 0 amide bonds. The van der Waals surface area contributed by atoms with Gasteiger partial charge in [-0.1, -0.05) is 24.6 Å². The maximum absolute atomic E-state index is 14.9. The Balaban J connectivity index is 2.60. The van der Waals surface area contributed by atoms with Crippen LogP contribution in [0.1, 0.15) is 64.2 Å². The molecule has 0 saturated heterocycles. The van der Waals surface area contributed by atoms with Crippen LogP contribution in [0.5, 0.6) is 0 Å². The molecule has 0 aliphatic carbocycles. The van der Waals surface area contributed by atoms with Gasteiger partial charge < -0.3 is 10.1 Å². The summed E-state index contributed by atoms with van der Waals surface area (Å²) in [6, 6.07) is 5.84. The zero-order valence-corrected chi connectivity index (χ0v) is 22.5. The van der Waals surface area contributed by atoms with Crippen molar-refractivity contribution in [2.24, 2.45) is 0 Å². The van der Waals surface area contributed by atoms with E-state index in [0.717, 1.165) is 5.56 Å². The molecule has 1 unspecified atom stereocenters. The summed E-state index contributed by atoms with van der Waals surface area (Å²) in [6.45, 7) is 14.0. The Morgan fingerprint density at radius 2 is 1.71 bits per heavy atom. The normalized spacial score (nSPS) is 14.1. The maximum Gasteiger partial charge on any atom is 0.325 e. The number of aryl methyl sites for hydroxylation is 1. The van der Waals surface area contributed by atoms with Gasteiger partial charge in [-0.3, -0.25) is 4.79 Å². The summed E-state index contributed by atoms with van der Waals surface area (Å²) in [5, 5.41) is 3.43. The number of carbonyl (C=O) groups is 1. The second kappa shape index (κ2) is 10.6. The van der Waals surface area contributed by atoms with Crippen LogP contribution >= 0.6 is 11.6 Å². The summed E-state index contributed by atoms with van der Waals surface area (Å²) in [5.74, 6) is -2.16. The van der Waals surface area contributed by atoms with Crippen molar-refractivity contribution in [3.63, 3.8) is 0 Å². The lowest BCUT2D eigenvalue weighted by molar-refractivity contribution is -0.157. The van der Waals surface area contributed by atoms with Crippen molar-refractivity contribution in [3.8, 4) is 0 Å². The van der Waals surface area contributed by atoms with Crippen LogP contribution in [0, 0.1) is 19.7 Å². The van der Waals surface area contributed by atoms with Gasteiger partial charge >= 0.3 is 5.97 Å². The summed E-state index contributed by atoms with van der Waals surface area (Å²) < 4.78 is 49.9. The first-order valence-electron chi connectivity index (χ1n) is 11.1. The van der Waals surface area contributed by atoms with Gasteiger partial charge in [0.2, 0.25) is 10.0 Å². The number of anilines is 1. The summed E-state index contributed by atoms with van der Waals surface area (Å²) in [4.78, 5) is 13.1. The molecule has 188 valence electrons. The number of benzene rings is 2. The van der Waals surface area contributed by atoms with Crippen molar-refractivity contribution in [2.75, 3.05) is 5.32 Å². The summed E-state index contributed by atoms with van der Waals surface area (Å²) >= 11 is 6.09. The van der Waals surface area contributed by atoms with Crippen molar-refractivity contribution >= 4 is 33.3 Å². The third-order valence-electron chi connectivity index (χ3n) is 5.31. The van der Waals surface area contributed by atoms with E-state index < -0.39 is 39.4 Å². The SMILES string of the molecule is Cc1ccc(F)c(C(C)[C@H](NS(=O)(=O)c2ccc(Cl)cc2NC(C)C)C(=O)OC(C)(C)C)c1C. The standard InChI is InChI=1S/C25H34ClFN2O4S/c1-14(2)28-20-13-18(26)10-12-21(20)34(31,32)29-23(24(30)33-25(6,7)8)17(5)22-16(4)15(3)9-11-19(22)27/h9-14,17,23,28-29H,1-8H3/t17?,23-/m0/s1. The van der Waals surface area contributed by atoms with Crippen LogP contribution in [0.2, 0.25) is 5.02 Å². The van der Waals surface area contributed by atoms with Gasteiger partial charge in [-0.15, -0.1) is 0 Å². The fourth-order valence-electron chi connectivity index (χ4n) is 3.64. The molecule has 34 heavy (non-hydrogen) atoms. The topological polar surface area (TPSA) is 84.5 Å². The van der Waals surface area contributed by atoms with Crippen LogP contribution in [0.25, 0.3) is 0 Å². The molecular formula is C25H34ClFN2O4S. The summed E-state index contributed by atoms with van der Waals surface area (Å²) in [7, 11) is -4.24. The molecule has 2 aromatic carbocycles. The van der Waals surface area contributed by atoms with E-state index in [9.17, 15) is 17.6 Å². The van der Waals surface area contributed by atoms with Crippen molar-refractivity contribution in [1.29, 1.82) is 0 Å². The molecule has 2 aromatic rings. The van der Waals surface area contributed by atoms with Crippen molar-refractivity contribution in [1.82, 2.24) is 4.72 Å². The highest BCUT2D eigenvalue weighted by Gasteiger charge is 2.37. The number of hydrogen-bond acceptors (Lipinski definition) is 5. The van der Waals surface area contributed by atoms with Gasteiger partial charge in [0, 0.05) is 17.0 Å². The number of esters is 1. The lowest BCUT2D eigenvalue weighted by Gasteiger charge is -2.29. The van der Waals surface area contributed by atoms with E-state index in [4.69, 9.17) is 16.3 Å². The number of nitrogens with one attached hydrogen (secondary N) is 2. The fourth-order valence-corrected chi connectivity index (χ4v) is 5.23. The van der Waals surface area contributed by atoms with Gasteiger partial charge in [-0.25, -0.2) is 12.8 Å². The molecule has 0 aliphatic heterocycles. The van der Waals surface area contributed by atoms with Gasteiger partial charge in [0.05, 0.1) is 5.69 Å². The van der Waals surface area contributed by atoms with Gasteiger partial charge in [0.1, 0.15) is 22.4 Å². The van der Waals surface area contributed by atoms with Crippen molar-refractivity contribution < 1.29 is 22.3 Å². The molecule has 0 aliphatic rings. The first kappa shape index (κ1) is 28.1. The molecule has 9 heteroatoms. The minimum Gasteiger partial charge on any atom is -0.459 e. The highest BCUT2D eigenvalue weighted by Crippen LogP contribution is 2.31. The monoisotopic (exact) mass is 512 g/mol. The molecule has 0 heterocycles. The van der Waals surface area contributed by atoms with E-state index in [-0.39, 0.29) is 16.5 Å². The predicted octanol–water partition coefficient (Wildman–Crippen LogP) is 5.71. The molecule has 0 radical (unpaired) electrons. The third-order valence-corrected chi connectivity index (χ3v) is 7.04. The number of hydrogen-bond donors (Lipinski definition) is 2. The molecular weight excluding hydrogens is 479 g/mol. The highest BCUT2D eigenvalue weighted by atomic mass is 35.5. The molecule has 0 saturated carbocycles. The van der Waals surface area contributed by atoms with E-state index in [1.807, 2.05) is 20.8 Å². The Bertz CT molecular complexity index is 1160. The number of carbonyl (C=O) groups excluding carboxylic acids is 1. The molecule has 2 atom stereocenters. The third kappa shape index (κ3) is 6.93. The first-order valence-corrected chi connectivity index (χ1v) is 13.0. The van der Waals surface area contributed by atoms with Crippen LogP contribution in [-0.4, -0.2) is 32.1 Å². The van der Waals surface area contributed by atoms with E-state index >= 15 is 0 Å². The number of sulfonamides is 1. The highest BCUT2D eigenvalue weighted by molar-refractivity contribution is 7.89. The Labute approximate surface area is 207 Å². The largest absolute Gasteiger partial charge is 0.459 e. The van der Waals surface area contributed by atoms with Crippen molar-refractivity contribution in [3.05, 3.63) is 57.9 Å². The molecule has 0 spiro atoms. The second-order valence-corrected chi connectivity index (χ2v) is 11.9. The van der Waals surface area contributed by atoms with Crippen LogP contribution < -0.4 is 10.0 Å². The van der Waals surface area contributed by atoms with Crippen molar-refractivity contribution in [2.45, 2.75) is 83.9 Å². The molecule has 0 aromatic heterocycles. The number of rotatable bonds is 8. The minimum absolute atomic E-state index is 0.0722. The van der Waals surface area contributed by atoms with Crippen LogP contribution in [0.4, 0.5) is 10.1 Å². The fraction of sp³-hybridized carbons (Fsp3) is 0.480. The Morgan fingerprint density at radius 1 is 1.09 bits per heavy atom. The summed E-state index contributed by atoms with van der Waals surface area (Å²) in [5.41, 5.74) is 1.16. The smallest absolute Gasteiger partial charge is 0.325 e.